The number of imidazole rings is 1. The van der Waals surface area contributed by atoms with Gasteiger partial charge in [0.1, 0.15) is 11.5 Å². The second kappa shape index (κ2) is 12.5. The van der Waals surface area contributed by atoms with Gasteiger partial charge < -0.3 is 25.8 Å². The van der Waals surface area contributed by atoms with Crippen molar-refractivity contribution in [3.63, 3.8) is 0 Å². The molecule has 0 radical (unpaired) electrons. The Morgan fingerprint density at radius 2 is 1.90 bits per heavy atom. The highest BCUT2D eigenvalue weighted by Crippen LogP contribution is 2.36. The second-order valence-electron chi connectivity index (χ2n) is 10.2. The van der Waals surface area contributed by atoms with Gasteiger partial charge in [0.15, 0.2) is 0 Å². The molecular weight excluding hydrogens is 482 g/mol. The molecule has 1 aromatic carbocycles. The lowest BCUT2D eigenvalue weighted by atomic mass is 10.0. The van der Waals surface area contributed by atoms with Gasteiger partial charge in [-0.25, -0.2) is 4.98 Å². The summed E-state index contributed by atoms with van der Waals surface area (Å²) in [5, 5.41) is 3.42. The van der Waals surface area contributed by atoms with Gasteiger partial charge in [0.05, 0.1) is 17.6 Å². The summed E-state index contributed by atoms with van der Waals surface area (Å²) in [5.74, 6) is 1.49. The van der Waals surface area contributed by atoms with E-state index in [0.717, 1.165) is 82.9 Å². The molecule has 1 saturated heterocycles. The fourth-order valence-electron chi connectivity index (χ4n) is 4.85. The number of rotatable bonds is 9. The Morgan fingerprint density at radius 1 is 1.15 bits per heavy atom. The molecule has 0 bridgehead atoms. The van der Waals surface area contributed by atoms with Gasteiger partial charge in [-0.05, 0) is 68.1 Å². The Kier molecular flexibility index (Phi) is 8.90. The number of likely N-dealkylation sites (N-methyl/N-ethyl adjacent to an activating group) is 1. The number of hydrogen-bond donors (Lipinski definition) is 3. The molecule has 0 unspecified atom stereocenters. The van der Waals surface area contributed by atoms with Crippen LogP contribution < -0.4 is 11.1 Å². The van der Waals surface area contributed by atoms with Crippen LogP contribution in [-0.4, -0.2) is 58.0 Å². The molecule has 4 N–H and O–H groups in total. The zero-order valence-electron chi connectivity index (χ0n) is 23.1. The van der Waals surface area contributed by atoms with E-state index in [4.69, 9.17) is 10.7 Å². The summed E-state index contributed by atoms with van der Waals surface area (Å²) in [7, 11) is 2.17. The van der Waals surface area contributed by atoms with E-state index < -0.39 is 0 Å². The number of terminal acetylenes is 1. The molecule has 2 fully saturated rings. The minimum atomic E-state index is 0.589. The highest BCUT2D eigenvalue weighted by molar-refractivity contribution is 5.71. The van der Waals surface area contributed by atoms with Crippen LogP contribution in [0.3, 0.4) is 0 Å². The van der Waals surface area contributed by atoms with Crippen LogP contribution in [0.25, 0.3) is 16.8 Å². The van der Waals surface area contributed by atoms with Crippen LogP contribution in [0.5, 0.6) is 0 Å². The maximum absolute atomic E-state index is 6.41. The Bertz CT molecular complexity index is 1370. The molecule has 1 aliphatic heterocycles. The third-order valence-corrected chi connectivity index (χ3v) is 7.24. The van der Waals surface area contributed by atoms with E-state index in [1.54, 1.807) is 0 Å². The van der Waals surface area contributed by atoms with Gasteiger partial charge in [0.2, 0.25) is 0 Å². The Hall–Kier alpha value is -4.28. The lowest BCUT2D eigenvalue weighted by molar-refractivity contribution is 0.207. The molecule has 7 nitrogen and oxygen atoms in total. The van der Waals surface area contributed by atoms with Crippen LogP contribution in [0.15, 0.2) is 67.7 Å². The Morgan fingerprint density at radius 3 is 2.59 bits per heavy atom. The fraction of sp³-hybridized carbons (Fsp3) is 0.312. The number of benzene rings is 1. The number of nitrogens with two attached hydrogens (primary N) is 1. The number of hydrogen-bond acceptors (Lipinski definition) is 6. The van der Waals surface area contributed by atoms with Gasteiger partial charge in [-0.15, -0.1) is 12.8 Å². The quantitative estimate of drug-likeness (QED) is 0.201. The minimum absolute atomic E-state index is 0.589. The average Bonchev–Trinajstić information content (AvgIpc) is 3.74. The van der Waals surface area contributed by atoms with Crippen LogP contribution in [0.1, 0.15) is 35.6 Å². The minimum Gasteiger partial charge on any atom is -0.398 e. The third-order valence-electron chi connectivity index (χ3n) is 7.24. The largest absolute Gasteiger partial charge is 0.398 e. The molecule has 5 rings (SSSR count). The number of nitrogens with one attached hydrogen (secondary N) is 2. The van der Waals surface area contributed by atoms with E-state index in [9.17, 15) is 0 Å². The topological polar surface area (TPSA) is 86.1 Å². The smallest absolute Gasteiger partial charge is 0.111 e. The second-order valence-corrected chi connectivity index (χ2v) is 10.2. The van der Waals surface area contributed by atoms with E-state index in [0.29, 0.717) is 12.3 Å². The Labute approximate surface area is 232 Å². The zero-order chi connectivity index (χ0) is 27.9. The zero-order valence-corrected chi connectivity index (χ0v) is 23.1. The monoisotopic (exact) mass is 521 g/mol. The molecule has 7 heteroatoms. The maximum Gasteiger partial charge on any atom is 0.111 e. The summed E-state index contributed by atoms with van der Waals surface area (Å²) in [6, 6.07) is 8.28. The van der Waals surface area contributed by atoms with Gasteiger partial charge in [-0.1, -0.05) is 25.3 Å². The van der Waals surface area contributed by atoms with Crippen molar-refractivity contribution in [3.05, 3.63) is 90.4 Å². The fourth-order valence-corrected chi connectivity index (χ4v) is 4.85. The number of allylic oxidation sites excluding steroid dienone is 3. The number of aromatic nitrogens is 3. The summed E-state index contributed by atoms with van der Waals surface area (Å²) >= 11 is 0. The lowest BCUT2D eigenvalue weighted by Gasteiger charge is -2.35. The van der Waals surface area contributed by atoms with Crippen LogP contribution in [0.4, 0.5) is 11.4 Å². The van der Waals surface area contributed by atoms with Gasteiger partial charge >= 0.3 is 0 Å². The van der Waals surface area contributed by atoms with E-state index >= 15 is 0 Å². The number of nitrogens with zero attached hydrogens (tertiary/aromatic N) is 4. The number of pyridine rings is 1. The molecule has 2 aliphatic rings. The molecule has 3 aromatic rings. The van der Waals surface area contributed by atoms with Gasteiger partial charge in [0, 0.05) is 61.4 Å². The number of aromatic amines is 1. The average molecular weight is 522 g/mol. The van der Waals surface area contributed by atoms with Crippen LogP contribution in [-0.2, 0) is 6.42 Å². The molecule has 2 aromatic heterocycles. The van der Waals surface area contributed by atoms with Crippen molar-refractivity contribution >= 4 is 17.1 Å². The number of H-pyrrole nitrogens is 1. The highest BCUT2D eigenvalue weighted by Gasteiger charge is 2.25. The predicted molar refractivity (Wildman–Crippen MR) is 163 cm³/mol. The van der Waals surface area contributed by atoms with Gasteiger partial charge in [0.25, 0.3) is 0 Å². The van der Waals surface area contributed by atoms with E-state index in [1.807, 2.05) is 30.6 Å². The van der Waals surface area contributed by atoms with E-state index in [-0.39, 0.29) is 0 Å². The van der Waals surface area contributed by atoms with Crippen LogP contribution in [0, 0.1) is 25.7 Å². The molecule has 0 atom stereocenters. The molecule has 0 spiro atoms. The van der Waals surface area contributed by atoms with Crippen molar-refractivity contribution in [2.75, 3.05) is 44.3 Å². The predicted octanol–water partition coefficient (Wildman–Crippen LogP) is 5.31. The molecule has 202 valence electrons. The van der Waals surface area contributed by atoms with Crippen LogP contribution >= 0.6 is 0 Å². The summed E-state index contributed by atoms with van der Waals surface area (Å²) < 4.78 is 0. The van der Waals surface area contributed by atoms with Gasteiger partial charge in [-0.2, -0.15) is 0 Å². The molecule has 3 heterocycles. The molecule has 0 amide bonds. The van der Waals surface area contributed by atoms with Crippen LogP contribution in [0.2, 0.25) is 0 Å². The van der Waals surface area contributed by atoms with Crippen molar-refractivity contribution in [1.82, 2.24) is 24.8 Å². The number of aryl methyl sites for hydroxylation is 1. The first-order chi connectivity index (χ1) is 18.9. The third kappa shape index (κ3) is 6.78. The lowest BCUT2D eigenvalue weighted by Crippen LogP contribution is -2.43. The Balaban J connectivity index is 0.00000172. The van der Waals surface area contributed by atoms with E-state index in [2.05, 4.69) is 83.3 Å². The summed E-state index contributed by atoms with van der Waals surface area (Å²) in [6.45, 7) is 14.2. The molecule has 1 saturated carbocycles. The number of nitrogen functional groups attached to an aromatic ring is 1. The first-order valence-corrected chi connectivity index (χ1v) is 13.4. The van der Waals surface area contributed by atoms with E-state index in [1.165, 1.54) is 12.8 Å². The van der Waals surface area contributed by atoms with Crippen molar-refractivity contribution in [2.24, 2.45) is 5.92 Å². The summed E-state index contributed by atoms with van der Waals surface area (Å²) in [4.78, 5) is 17.7. The number of piperazine rings is 1. The van der Waals surface area contributed by atoms with Gasteiger partial charge in [-0.3, -0.25) is 4.98 Å². The molecule has 1 aliphatic carbocycles. The standard InChI is InChI=1S/C30H37N7.C2H2/c1-5-6-28(37-13-11-36(4)12-14-37)30-21(3)34-29(35-30)17-24-15-23(9-10-27(24)31)25-16-26(19-32-18-25)33-20(2)22-7-8-22;1-2/h5-6,9-10,15-16,18-19,22,33H,1-2,7-8,11-14,17,31H2,3-4H3,(H,34,35);1-2H/b28-6+;. The highest BCUT2D eigenvalue weighted by atomic mass is 15.3. The summed E-state index contributed by atoms with van der Waals surface area (Å²) in [6.07, 6.45) is 18.7. The van der Waals surface area contributed by atoms with Crippen molar-refractivity contribution in [3.8, 4) is 24.0 Å². The maximum atomic E-state index is 6.41. The van der Waals surface area contributed by atoms with Crippen molar-refractivity contribution in [1.29, 1.82) is 0 Å². The molecule has 39 heavy (non-hydrogen) atoms. The summed E-state index contributed by atoms with van der Waals surface area (Å²) in [5.41, 5.74) is 15.5. The molecular formula is C32H39N7. The first kappa shape index (κ1) is 27.7. The SMILES string of the molecule is C#C.C=C/C=C(\c1nc(Cc2cc(-c3cncc(NC(=C)C4CC4)c3)ccc2N)[nH]c1C)N1CCN(C)CC1. The van der Waals surface area contributed by atoms with Crippen molar-refractivity contribution in [2.45, 2.75) is 26.2 Å². The number of anilines is 2. The van der Waals surface area contributed by atoms with Crippen molar-refractivity contribution < 1.29 is 0 Å². The normalized spacial score (nSPS) is 15.8. The first-order valence-electron chi connectivity index (χ1n) is 13.4.